The van der Waals surface area contributed by atoms with Crippen LogP contribution in [0.15, 0.2) is 0 Å². The summed E-state index contributed by atoms with van der Waals surface area (Å²) < 4.78 is 0. The van der Waals surface area contributed by atoms with E-state index in [1.807, 2.05) is 0 Å². The lowest BCUT2D eigenvalue weighted by Crippen LogP contribution is -2.05. The molecule has 17 heavy (non-hydrogen) atoms. The summed E-state index contributed by atoms with van der Waals surface area (Å²) in [6, 6.07) is 0. The van der Waals surface area contributed by atoms with Gasteiger partial charge in [-0.15, -0.1) is 0 Å². The van der Waals surface area contributed by atoms with Crippen LogP contribution in [0.4, 0.5) is 0 Å². The van der Waals surface area contributed by atoms with Gasteiger partial charge in [-0.1, -0.05) is 20.3 Å². The van der Waals surface area contributed by atoms with Crippen molar-refractivity contribution in [3.8, 4) is 0 Å². The van der Waals surface area contributed by atoms with Gasteiger partial charge in [0, 0.05) is 0 Å². The Morgan fingerprint density at radius 3 is 1.59 bits per heavy atom. The maximum Gasteiger partial charge on any atom is -0.0271 e. The van der Waals surface area contributed by atoms with E-state index in [-0.39, 0.29) is 0 Å². The zero-order valence-electron chi connectivity index (χ0n) is 12.7. The fourth-order valence-electron chi connectivity index (χ4n) is 2.55. The van der Waals surface area contributed by atoms with Crippen molar-refractivity contribution in [1.82, 2.24) is 0 Å². The fraction of sp³-hybridized carbons (Fsp3) is 0.647. The standard InChI is InChI=1S/C17H28/c1-8-11(2)9-10-17-15(6)13(4)12(3)14(5)16(17)7/h11H,8-10H2,1-7H3. The molecule has 0 aliphatic heterocycles. The van der Waals surface area contributed by atoms with Gasteiger partial charge in [-0.2, -0.15) is 0 Å². The number of hydrogen-bond acceptors (Lipinski definition) is 0. The van der Waals surface area contributed by atoms with Crippen molar-refractivity contribution in [1.29, 1.82) is 0 Å². The number of benzene rings is 1. The minimum Gasteiger partial charge on any atom is -0.0651 e. The summed E-state index contributed by atoms with van der Waals surface area (Å²) in [5, 5.41) is 0. The second kappa shape index (κ2) is 5.71. The quantitative estimate of drug-likeness (QED) is 0.668. The van der Waals surface area contributed by atoms with Gasteiger partial charge in [-0.05, 0) is 86.8 Å². The predicted molar refractivity (Wildman–Crippen MR) is 77.9 cm³/mol. The Balaban J connectivity index is 3.07. The molecule has 0 aliphatic carbocycles. The summed E-state index contributed by atoms with van der Waals surface area (Å²) in [6.07, 6.45) is 3.86. The Morgan fingerprint density at radius 1 is 0.765 bits per heavy atom. The van der Waals surface area contributed by atoms with Gasteiger partial charge < -0.3 is 0 Å². The predicted octanol–water partition coefficient (Wildman–Crippen LogP) is 5.21. The molecule has 0 aliphatic rings. The van der Waals surface area contributed by atoms with Gasteiger partial charge in [0.2, 0.25) is 0 Å². The van der Waals surface area contributed by atoms with E-state index in [0.717, 1.165) is 5.92 Å². The van der Waals surface area contributed by atoms with Crippen molar-refractivity contribution in [3.05, 3.63) is 33.4 Å². The van der Waals surface area contributed by atoms with Crippen LogP contribution in [0.1, 0.15) is 60.1 Å². The van der Waals surface area contributed by atoms with Gasteiger partial charge in [0.05, 0.1) is 0 Å². The second-order valence-electron chi connectivity index (χ2n) is 5.66. The molecular weight excluding hydrogens is 204 g/mol. The van der Waals surface area contributed by atoms with Gasteiger partial charge >= 0.3 is 0 Å². The highest BCUT2D eigenvalue weighted by Gasteiger charge is 2.12. The molecule has 0 heterocycles. The van der Waals surface area contributed by atoms with Gasteiger partial charge in [0.15, 0.2) is 0 Å². The van der Waals surface area contributed by atoms with Crippen molar-refractivity contribution in [2.24, 2.45) is 5.92 Å². The monoisotopic (exact) mass is 232 g/mol. The number of rotatable bonds is 4. The summed E-state index contributed by atoms with van der Waals surface area (Å²) in [7, 11) is 0. The molecule has 1 atom stereocenters. The SMILES string of the molecule is CCC(C)CCc1c(C)c(C)c(C)c(C)c1C. The largest absolute Gasteiger partial charge is 0.0651 e. The van der Waals surface area contributed by atoms with E-state index in [2.05, 4.69) is 48.5 Å². The minimum absolute atomic E-state index is 0.843. The van der Waals surface area contributed by atoms with E-state index >= 15 is 0 Å². The summed E-state index contributed by atoms with van der Waals surface area (Å²) >= 11 is 0. The third-order valence-electron chi connectivity index (χ3n) is 4.74. The topological polar surface area (TPSA) is 0 Å². The first-order chi connectivity index (χ1) is 7.90. The van der Waals surface area contributed by atoms with Crippen LogP contribution >= 0.6 is 0 Å². The van der Waals surface area contributed by atoms with E-state index in [1.165, 1.54) is 47.1 Å². The Hall–Kier alpha value is -0.780. The van der Waals surface area contributed by atoms with E-state index in [1.54, 1.807) is 5.56 Å². The van der Waals surface area contributed by atoms with Crippen LogP contribution in [0.25, 0.3) is 0 Å². The van der Waals surface area contributed by atoms with E-state index in [9.17, 15) is 0 Å². The normalized spacial score (nSPS) is 12.9. The molecule has 1 rings (SSSR count). The lowest BCUT2D eigenvalue weighted by molar-refractivity contribution is 0.515. The number of hydrogen-bond donors (Lipinski definition) is 0. The van der Waals surface area contributed by atoms with E-state index < -0.39 is 0 Å². The Labute approximate surface area is 107 Å². The molecule has 0 saturated carbocycles. The molecule has 0 bridgehead atoms. The molecule has 0 heteroatoms. The molecule has 0 spiro atoms. The molecule has 0 saturated heterocycles. The van der Waals surface area contributed by atoms with Crippen LogP contribution < -0.4 is 0 Å². The molecule has 1 aromatic rings. The van der Waals surface area contributed by atoms with Crippen molar-refractivity contribution >= 4 is 0 Å². The van der Waals surface area contributed by atoms with Crippen molar-refractivity contribution in [3.63, 3.8) is 0 Å². The minimum atomic E-state index is 0.843. The van der Waals surface area contributed by atoms with Crippen molar-refractivity contribution in [2.45, 2.75) is 67.7 Å². The molecule has 0 aromatic heterocycles. The van der Waals surface area contributed by atoms with Gasteiger partial charge in [0.25, 0.3) is 0 Å². The van der Waals surface area contributed by atoms with Crippen molar-refractivity contribution in [2.75, 3.05) is 0 Å². The second-order valence-corrected chi connectivity index (χ2v) is 5.66. The van der Waals surface area contributed by atoms with Crippen LogP contribution in [0, 0.1) is 40.5 Å². The molecule has 0 amide bonds. The highest BCUT2D eigenvalue weighted by Crippen LogP contribution is 2.27. The van der Waals surface area contributed by atoms with E-state index in [4.69, 9.17) is 0 Å². The first-order valence-electron chi connectivity index (χ1n) is 6.95. The molecular formula is C17H28. The molecule has 0 N–H and O–H groups in total. The zero-order chi connectivity index (χ0) is 13.2. The molecule has 96 valence electrons. The van der Waals surface area contributed by atoms with Crippen LogP contribution in [0.2, 0.25) is 0 Å². The van der Waals surface area contributed by atoms with E-state index in [0.29, 0.717) is 0 Å². The summed E-state index contributed by atoms with van der Waals surface area (Å²) in [6.45, 7) is 16.0. The molecule has 0 radical (unpaired) electrons. The Morgan fingerprint density at radius 2 is 1.18 bits per heavy atom. The first kappa shape index (κ1) is 14.3. The summed E-state index contributed by atoms with van der Waals surface area (Å²) in [4.78, 5) is 0. The lowest BCUT2D eigenvalue weighted by Gasteiger charge is -2.19. The van der Waals surface area contributed by atoms with Crippen LogP contribution in [-0.4, -0.2) is 0 Å². The molecule has 0 nitrogen and oxygen atoms in total. The zero-order valence-corrected chi connectivity index (χ0v) is 12.7. The molecule has 1 aromatic carbocycles. The molecule has 0 fully saturated rings. The van der Waals surface area contributed by atoms with Crippen LogP contribution in [0.3, 0.4) is 0 Å². The van der Waals surface area contributed by atoms with Gasteiger partial charge in [0.1, 0.15) is 0 Å². The third-order valence-corrected chi connectivity index (χ3v) is 4.74. The Kier molecular flexibility index (Phi) is 4.80. The Bertz CT molecular complexity index is 370. The van der Waals surface area contributed by atoms with Gasteiger partial charge in [-0.3, -0.25) is 0 Å². The lowest BCUT2D eigenvalue weighted by atomic mass is 9.86. The average Bonchev–Trinajstić information content (AvgIpc) is 2.33. The summed E-state index contributed by atoms with van der Waals surface area (Å²) in [5.41, 5.74) is 9.11. The van der Waals surface area contributed by atoms with Crippen molar-refractivity contribution < 1.29 is 0 Å². The third kappa shape index (κ3) is 2.91. The van der Waals surface area contributed by atoms with Crippen LogP contribution in [0.5, 0.6) is 0 Å². The highest BCUT2D eigenvalue weighted by molar-refractivity contribution is 5.49. The first-order valence-corrected chi connectivity index (χ1v) is 6.95. The average molecular weight is 232 g/mol. The smallest absolute Gasteiger partial charge is 0.0271 e. The summed E-state index contributed by atoms with van der Waals surface area (Å²) in [5.74, 6) is 0.843. The van der Waals surface area contributed by atoms with Crippen LogP contribution in [-0.2, 0) is 6.42 Å². The highest BCUT2D eigenvalue weighted by atomic mass is 14.2. The molecule has 1 unspecified atom stereocenters. The maximum atomic E-state index is 2.36. The fourth-order valence-corrected chi connectivity index (χ4v) is 2.55. The van der Waals surface area contributed by atoms with Gasteiger partial charge in [-0.25, -0.2) is 0 Å². The maximum absolute atomic E-state index is 2.36.